The van der Waals surface area contributed by atoms with Crippen LogP contribution in [0.4, 0.5) is 11.4 Å². The second-order valence-corrected chi connectivity index (χ2v) is 8.00. The lowest BCUT2D eigenvalue weighted by Crippen LogP contribution is -2.24. The highest BCUT2D eigenvalue weighted by atomic mass is 32.2. The van der Waals surface area contributed by atoms with Crippen LogP contribution in [0.3, 0.4) is 0 Å². The largest absolute Gasteiger partial charge is 0.452 e. The fourth-order valence-electron chi connectivity index (χ4n) is 2.30. The highest BCUT2D eigenvalue weighted by molar-refractivity contribution is 7.89. The summed E-state index contributed by atoms with van der Waals surface area (Å²) in [5.74, 6) is -1.31. The van der Waals surface area contributed by atoms with Gasteiger partial charge < -0.3 is 15.0 Å². The molecule has 29 heavy (non-hydrogen) atoms. The third kappa shape index (κ3) is 6.44. The molecule has 0 aliphatic heterocycles. The maximum Gasteiger partial charge on any atom is 0.338 e. The molecule has 2 N–H and O–H groups in total. The van der Waals surface area contributed by atoms with Gasteiger partial charge in [-0.15, -0.1) is 6.58 Å². The number of amides is 1. The second kappa shape index (κ2) is 9.85. The zero-order valence-electron chi connectivity index (χ0n) is 16.2. The van der Waals surface area contributed by atoms with Crippen molar-refractivity contribution in [2.45, 2.75) is 4.90 Å². The highest BCUT2D eigenvalue weighted by Crippen LogP contribution is 2.16. The van der Waals surface area contributed by atoms with Crippen molar-refractivity contribution in [1.82, 2.24) is 4.72 Å². The Morgan fingerprint density at radius 3 is 2.45 bits per heavy atom. The number of hydrogen-bond acceptors (Lipinski definition) is 6. The molecule has 0 atom stereocenters. The Morgan fingerprint density at radius 2 is 1.83 bits per heavy atom. The van der Waals surface area contributed by atoms with Gasteiger partial charge in [0.15, 0.2) is 6.61 Å². The Balaban J connectivity index is 1.95. The molecule has 154 valence electrons. The van der Waals surface area contributed by atoms with E-state index in [9.17, 15) is 18.0 Å². The number of nitrogens with one attached hydrogen (secondary N) is 2. The van der Waals surface area contributed by atoms with Crippen LogP contribution in [-0.2, 0) is 19.6 Å². The predicted octanol–water partition coefficient (Wildman–Crippen LogP) is 2.01. The van der Waals surface area contributed by atoms with Crippen molar-refractivity contribution in [2.75, 3.05) is 37.5 Å². The van der Waals surface area contributed by atoms with Crippen LogP contribution in [0.2, 0.25) is 0 Å². The van der Waals surface area contributed by atoms with Gasteiger partial charge in [0.2, 0.25) is 10.0 Å². The first-order valence-electron chi connectivity index (χ1n) is 8.68. The molecular weight excluding hydrogens is 394 g/mol. The first-order chi connectivity index (χ1) is 13.7. The van der Waals surface area contributed by atoms with E-state index in [2.05, 4.69) is 16.6 Å². The normalized spacial score (nSPS) is 10.8. The third-order valence-electron chi connectivity index (χ3n) is 3.80. The number of anilines is 2. The summed E-state index contributed by atoms with van der Waals surface area (Å²) in [6.45, 7) is 3.01. The summed E-state index contributed by atoms with van der Waals surface area (Å²) in [6, 6.07) is 12.5. The molecule has 0 fully saturated rings. The van der Waals surface area contributed by atoms with Crippen molar-refractivity contribution < 1.29 is 22.7 Å². The second-order valence-electron chi connectivity index (χ2n) is 6.23. The fraction of sp³-hybridized carbons (Fsp3) is 0.200. The summed E-state index contributed by atoms with van der Waals surface area (Å²) >= 11 is 0. The Labute approximate surface area is 170 Å². The van der Waals surface area contributed by atoms with Crippen LogP contribution < -0.4 is 14.9 Å². The Morgan fingerprint density at radius 1 is 1.14 bits per heavy atom. The molecule has 0 bridgehead atoms. The van der Waals surface area contributed by atoms with Gasteiger partial charge in [0.1, 0.15) is 0 Å². The van der Waals surface area contributed by atoms with Crippen molar-refractivity contribution >= 4 is 33.3 Å². The van der Waals surface area contributed by atoms with E-state index in [1.165, 1.54) is 30.3 Å². The van der Waals surface area contributed by atoms with Crippen LogP contribution in [0.5, 0.6) is 0 Å². The molecule has 0 aromatic heterocycles. The molecule has 0 aliphatic carbocycles. The molecule has 9 heteroatoms. The van der Waals surface area contributed by atoms with E-state index in [1.807, 2.05) is 31.1 Å². The van der Waals surface area contributed by atoms with Crippen LogP contribution in [-0.4, -0.2) is 47.5 Å². The smallest absolute Gasteiger partial charge is 0.338 e. The van der Waals surface area contributed by atoms with E-state index in [4.69, 9.17) is 4.74 Å². The molecule has 0 unspecified atom stereocenters. The average molecular weight is 417 g/mol. The first-order valence-corrected chi connectivity index (χ1v) is 10.2. The summed E-state index contributed by atoms with van der Waals surface area (Å²) in [6.07, 6.45) is 1.41. The lowest BCUT2D eigenvalue weighted by molar-refractivity contribution is -0.119. The summed E-state index contributed by atoms with van der Waals surface area (Å²) < 4.78 is 31.5. The highest BCUT2D eigenvalue weighted by Gasteiger charge is 2.17. The van der Waals surface area contributed by atoms with Crippen LogP contribution in [0.15, 0.2) is 66.1 Å². The molecule has 8 nitrogen and oxygen atoms in total. The maximum atomic E-state index is 12.2. The van der Waals surface area contributed by atoms with Gasteiger partial charge in [-0.3, -0.25) is 4.79 Å². The van der Waals surface area contributed by atoms with E-state index in [1.54, 1.807) is 12.1 Å². The lowest BCUT2D eigenvalue weighted by atomic mass is 10.2. The minimum atomic E-state index is -3.77. The average Bonchev–Trinajstić information content (AvgIpc) is 2.71. The van der Waals surface area contributed by atoms with Gasteiger partial charge in [0, 0.05) is 32.0 Å². The Kier molecular flexibility index (Phi) is 7.52. The molecular formula is C20H23N3O5S. The monoisotopic (exact) mass is 417 g/mol. The van der Waals surface area contributed by atoms with Crippen molar-refractivity contribution in [3.63, 3.8) is 0 Å². The summed E-state index contributed by atoms with van der Waals surface area (Å²) in [4.78, 5) is 26.0. The van der Waals surface area contributed by atoms with E-state index in [0.29, 0.717) is 5.69 Å². The van der Waals surface area contributed by atoms with E-state index < -0.39 is 28.5 Å². The Hall–Kier alpha value is -3.17. The zero-order valence-corrected chi connectivity index (χ0v) is 17.0. The van der Waals surface area contributed by atoms with Crippen molar-refractivity contribution in [1.29, 1.82) is 0 Å². The predicted molar refractivity (Wildman–Crippen MR) is 112 cm³/mol. The summed E-state index contributed by atoms with van der Waals surface area (Å²) in [5, 5.41) is 2.62. The van der Waals surface area contributed by atoms with Gasteiger partial charge in [-0.05, 0) is 42.5 Å². The molecule has 2 rings (SSSR count). The van der Waals surface area contributed by atoms with Crippen LogP contribution >= 0.6 is 0 Å². The molecule has 1 amide bonds. The molecule has 0 heterocycles. The maximum absolute atomic E-state index is 12.2. The molecule has 0 saturated carbocycles. The topological polar surface area (TPSA) is 105 Å². The third-order valence-corrected chi connectivity index (χ3v) is 5.22. The van der Waals surface area contributed by atoms with Gasteiger partial charge >= 0.3 is 5.97 Å². The SMILES string of the molecule is C=CCNS(=O)(=O)c1cccc(C(=O)OCC(=O)Nc2ccc(N(C)C)cc2)c1. The van der Waals surface area contributed by atoms with E-state index >= 15 is 0 Å². The van der Waals surface area contributed by atoms with E-state index in [-0.39, 0.29) is 17.0 Å². The number of hydrogen-bond donors (Lipinski definition) is 2. The van der Waals surface area contributed by atoms with Crippen LogP contribution in [0.25, 0.3) is 0 Å². The van der Waals surface area contributed by atoms with Gasteiger partial charge in [-0.1, -0.05) is 12.1 Å². The number of carbonyl (C=O) groups is 2. The molecule has 0 spiro atoms. The van der Waals surface area contributed by atoms with Gasteiger partial charge in [-0.25, -0.2) is 17.9 Å². The van der Waals surface area contributed by atoms with Gasteiger partial charge in [0.05, 0.1) is 10.5 Å². The van der Waals surface area contributed by atoms with Gasteiger partial charge in [-0.2, -0.15) is 0 Å². The molecule has 2 aromatic carbocycles. The fourth-order valence-corrected chi connectivity index (χ4v) is 3.34. The van der Waals surface area contributed by atoms with Crippen molar-refractivity contribution in [3.8, 4) is 0 Å². The lowest BCUT2D eigenvalue weighted by Gasteiger charge is -2.13. The van der Waals surface area contributed by atoms with Crippen molar-refractivity contribution in [3.05, 3.63) is 66.7 Å². The van der Waals surface area contributed by atoms with Gasteiger partial charge in [0.25, 0.3) is 5.91 Å². The molecule has 0 radical (unpaired) electrons. The summed E-state index contributed by atoms with van der Waals surface area (Å²) in [7, 11) is 0.0392. The first kappa shape index (κ1) is 22.1. The molecule has 0 aliphatic rings. The number of rotatable bonds is 9. The molecule has 0 saturated heterocycles. The van der Waals surface area contributed by atoms with Crippen molar-refractivity contribution in [2.24, 2.45) is 0 Å². The quantitative estimate of drug-likeness (QED) is 0.478. The zero-order chi connectivity index (χ0) is 21.4. The van der Waals surface area contributed by atoms with Crippen LogP contribution in [0, 0.1) is 0 Å². The molecule has 2 aromatic rings. The number of sulfonamides is 1. The Bertz CT molecular complexity index is 985. The minimum absolute atomic E-state index is 0.0228. The van der Waals surface area contributed by atoms with E-state index in [0.717, 1.165) is 5.69 Å². The standard InChI is InChI=1S/C20H23N3O5S/c1-4-12-21-29(26,27)18-7-5-6-15(13-18)20(25)28-14-19(24)22-16-8-10-17(11-9-16)23(2)3/h4-11,13,21H,1,12,14H2,2-3H3,(H,22,24). The number of esters is 1. The number of nitrogens with zero attached hydrogens (tertiary/aromatic N) is 1. The minimum Gasteiger partial charge on any atom is -0.452 e. The van der Waals surface area contributed by atoms with Crippen LogP contribution in [0.1, 0.15) is 10.4 Å². The number of benzene rings is 2. The number of carbonyl (C=O) groups excluding carboxylic acids is 2. The summed E-state index contributed by atoms with van der Waals surface area (Å²) in [5.41, 5.74) is 1.57. The number of ether oxygens (including phenoxy) is 1.